The van der Waals surface area contributed by atoms with Crippen LogP contribution in [0.15, 0.2) is 63.6 Å². The largest absolute Gasteiger partial charge is 0.293 e. The van der Waals surface area contributed by atoms with Crippen molar-refractivity contribution in [2.75, 3.05) is 0 Å². The van der Waals surface area contributed by atoms with Gasteiger partial charge in [-0.05, 0) is 31.2 Å². The molecule has 0 radical (unpaired) electrons. The van der Waals surface area contributed by atoms with E-state index in [-0.39, 0.29) is 0 Å². The van der Waals surface area contributed by atoms with Gasteiger partial charge < -0.3 is 0 Å². The van der Waals surface area contributed by atoms with Gasteiger partial charge in [0.1, 0.15) is 12.1 Å². The summed E-state index contributed by atoms with van der Waals surface area (Å²) in [5.74, 6) is 0.599. The zero-order valence-electron chi connectivity index (χ0n) is 9.68. The summed E-state index contributed by atoms with van der Waals surface area (Å²) in [7, 11) is 0. The predicted molar refractivity (Wildman–Crippen MR) is 66.6 cm³/mol. The van der Waals surface area contributed by atoms with Gasteiger partial charge in [-0.2, -0.15) is 10.5 Å². The molecule has 0 aromatic rings. The predicted octanol–water partition coefficient (Wildman–Crippen LogP) is 2.30. The number of nitrogens with zero attached hydrogens (tertiary/aromatic N) is 4. The maximum Gasteiger partial charge on any atom is 0.155 e. The Bertz CT molecular complexity index is 712. The highest BCUT2D eigenvalue weighted by Crippen LogP contribution is 2.34. The van der Waals surface area contributed by atoms with E-state index in [1.165, 1.54) is 0 Å². The second-order valence-electron chi connectivity index (χ2n) is 4.09. The van der Waals surface area contributed by atoms with Crippen LogP contribution in [0.4, 0.5) is 0 Å². The lowest BCUT2D eigenvalue weighted by molar-refractivity contribution is 0.644. The molecule has 3 heterocycles. The fraction of sp³-hybridized carbons (Fsp3) is 0.0714. The summed E-state index contributed by atoms with van der Waals surface area (Å²) in [5, 5.41) is 18.3. The van der Waals surface area contributed by atoms with E-state index in [4.69, 9.17) is 5.26 Å². The summed E-state index contributed by atoms with van der Waals surface area (Å²) >= 11 is 0. The van der Waals surface area contributed by atoms with Gasteiger partial charge in [0.2, 0.25) is 0 Å². The standard InChI is InChI=1S/C14H8N4/c1-9-5-12-3-2-4-13-10(7-15)6-11(8-16)14(17-9)18(12)13/h2-6H,1H3. The number of rotatable bonds is 0. The van der Waals surface area contributed by atoms with Gasteiger partial charge in [0.05, 0.1) is 16.8 Å². The molecule has 0 aliphatic carbocycles. The molecule has 3 aliphatic heterocycles. The Kier molecular flexibility index (Phi) is 2.05. The molecule has 0 amide bonds. The van der Waals surface area contributed by atoms with Crippen LogP contribution in [0.3, 0.4) is 0 Å². The van der Waals surface area contributed by atoms with E-state index in [0.29, 0.717) is 17.0 Å². The van der Waals surface area contributed by atoms with Crippen molar-refractivity contribution in [3.8, 4) is 12.1 Å². The molecular formula is C14H8N4. The van der Waals surface area contributed by atoms with Crippen LogP contribution in [-0.4, -0.2) is 10.7 Å². The molecule has 0 N–H and O–H groups in total. The lowest BCUT2D eigenvalue weighted by atomic mass is 9.98. The van der Waals surface area contributed by atoms with E-state index in [9.17, 15) is 5.26 Å². The Morgan fingerprint density at radius 1 is 1.22 bits per heavy atom. The van der Waals surface area contributed by atoms with Gasteiger partial charge in [-0.3, -0.25) is 4.90 Å². The normalized spacial score (nSPS) is 20.1. The maximum atomic E-state index is 9.18. The topological polar surface area (TPSA) is 63.2 Å². The Labute approximate surface area is 104 Å². The summed E-state index contributed by atoms with van der Waals surface area (Å²) in [6.07, 6.45) is 9.23. The van der Waals surface area contributed by atoms with Crippen molar-refractivity contribution in [2.45, 2.75) is 6.92 Å². The van der Waals surface area contributed by atoms with Crippen molar-refractivity contribution in [3.63, 3.8) is 0 Å². The number of hydrogen-bond acceptors (Lipinski definition) is 4. The van der Waals surface area contributed by atoms with E-state index < -0.39 is 0 Å². The third kappa shape index (κ3) is 1.27. The first-order valence-electron chi connectivity index (χ1n) is 5.46. The lowest BCUT2D eigenvalue weighted by Gasteiger charge is -2.35. The first-order valence-corrected chi connectivity index (χ1v) is 5.46. The zero-order valence-corrected chi connectivity index (χ0v) is 9.68. The van der Waals surface area contributed by atoms with Crippen LogP contribution >= 0.6 is 0 Å². The average Bonchev–Trinajstić information content (AvgIpc) is 2.39. The van der Waals surface area contributed by atoms with Crippen molar-refractivity contribution in [2.24, 2.45) is 4.99 Å². The molecule has 0 saturated carbocycles. The second-order valence-corrected chi connectivity index (χ2v) is 4.09. The molecule has 0 fully saturated rings. The summed E-state index contributed by atoms with van der Waals surface area (Å²) < 4.78 is 0. The van der Waals surface area contributed by atoms with Gasteiger partial charge in [0, 0.05) is 11.4 Å². The van der Waals surface area contributed by atoms with E-state index in [2.05, 4.69) is 17.1 Å². The minimum Gasteiger partial charge on any atom is -0.293 e. The van der Waals surface area contributed by atoms with Gasteiger partial charge in [-0.15, -0.1) is 0 Å². The third-order valence-electron chi connectivity index (χ3n) is 2.92. The fourth-order valence-electron chi connectivity index (χ4n) is 2.18. The monoisotopic (exact) mass is 232 g/mol. The van der Waals surface area contributed by atoms with Gasteiger partial charge in [-0.25, -0.2) is 4.99 Å². The summed E-state index contributed by atoms with van der Waals surface area (Å²) in [6, 6.07) is 4.23. The minimum atomic E-state index is 0.420. The van der Waals surface area contributed by atoms with E-state index in [1.807, 2.05) is 36.1 Å². The van der Waals surface area contributed by atoms with E-state index in [1.54, 1.807) is 6.08 Å². The quantitative estimate of drug-likeness (QED) is 0.643. The summed E-state index contributed by atoms with van der Waals surface area (Å²) in [6.45, 7) is 1.89. The minimum absolute atomic E-state index is 0.420. The summed E-state index contributed by atoms with van der Waals surface area (Å²) in [5.41, 5.74) is 3.47. The molecule has 4 heteroatoms. The van der Waals surface area contributed by atoms with Gasteiger partial charge in [0.25, 0.3) is 0 Å². The fourth-order valence-corrected chi connectivity index (χ4v) is 2.18. The Morgan fingerprint density at radius 3 is 2.78 bits per heavy atom. The Morgan fingerprint density at radius 2 is 2.06 bits per heavy atom. The van der Waals surface area contributed by atoms with E-state index in [0.717, 1.165) is 17.1 Å². The maximum absolute atomic E-state index is 9.18. The molecule has 0 atom stereocenters. The highest BCUT2D eigenvalue weighted by atomic mass is 15.2. The molecule has 0 aromatic carbocycles. The molecule has 18 heavy (non-hydrogen) atoms. The van der Waals surface area contributed by atoms with Crippen molar-refractivity contribution in [1.29, 1.82) is 10.5 Å². The number of nitriles is 2. The molecule has 0 saturated heterocycles. The first kappa shape index (κ1) is 10.3. The third-order valence-corrected chi connectivity index (χ3v) is 2.92. The van der Waals surface area contributed by atoms with Crippen LogP contribution in [0.1, 0.15) is 6.92 Å². The van der Waals surface area contributed by atoms with Crippen LogP contribution in [0.2, 0.25) is 0 Å². The number of allylic oxidation sites excluding steroid dienone is 7. The summed E-state index contributed by atoms with van der Waals surface area (Å²) in [4.78, 5) is 6.25. The molecule has 4 nitrogen and oxygen atoms in total. The smallest absolute Gasteiger partial charge is 0.155 e. The van der Waals surface area contributed by atoms with Crippen molar-refractivity contribution < 1.29 is 0 Å². The average molecular weight is 232 g/mol. The lowest BCUT2D eigenvalue weighted by Crippen LogP contribution is -2.35. The highest BCUT2D eigenvalue weighted by Gasteiger charge is 2.31. The first-order chi connectivity index (χ1) is 8.74. The second kappa shape index (κ2) is 3.58. The highest BCUT2D eigenvalue weighted by molar-refractivity contribution is 6.07. The molecule has 0 aromatic heterocycles. The van der Waals surface area contributed by atoms with Crippen LogP contribution in [0.25, 0.3) is 0 Å². The number of amidine groups is 1. The van der Waals surface area contributed by atoms with Gasteiger partial charge in [-0.1, -0.05) is 6.08 Å². The molecular weight excluding hydrogens is 224 g/mol. The zero-order chi connectivity index (χ0) is 12.7. The van der Waals surface area contributed by atoms with Crippen LogP contribution in [-0.2, 0) is 0 Å². The molecule has 3 rings (SSSR count). The van der Waals surface area contributed by atoms with Crippen molar-refractivity contribution in [1.82, 2.24) is 4.90 Å². The van der Waals surface area contributed by atoms with Crippen LogP contribution in [0, 0.1) is 22.7 Å². The molecule has 84 valence electrons. The van der Waals surface area contributed by atoms with Gasteiger partial charge in [0.15, 0.2) is 5.84 Å². The molecule has 0 spiro atoms. The number of aliphatic imine (C=N–C) groups is 1. The molecule has 0 bridgehead atoms. The van der Waals surface area contributed by atoms with Crippen LogP contribution < -0.4 is 0 Å². The van der Waals surface area contributed by atoms with Crippen LogP contribution in [0.5, 0.6) is 0 Å². The Hall–Kier alpha value is -2.85. The van der Waals surface area contributed by atoms with Gasteiger partial charge >= 0.3 is 0 Å². The SMILES string of the molecule is CC1=CC2=CC=CC3=C(C#N)C=C(C#N)C(=N1)N23. The Balaban J connectivity index is 2.32. The molecule has 0 unspecified atom stereocenters. The van der Waals surface area contributed by atoms with E-state index >= 15 is 0 Å². The molecule has 3 aliphatic rings. The van der Waals surface area contributed by atoms with Crippen molar-refractivity contribution in [3.05, 3.63) is 58.6 Å². The van der Waals surface area contributed by atoms with Crippen molar-refractivity contribution >= 4 is 5.84 Å². The number of hydrogen-bond donors (Lipinski definition) is 0.